The summed E-state index contributed by atoms with van der Waals surface area (Å²) < 4.78 is 43.4. The number of oxazole rings is 1. The molecule has 0 aliphatic heterocycles. The Morgan fingerprint density at radius 3 is 2.47 bits per heavy atom. The van der Waals surface area contributed by atoms with Crippen LogP contribution in [0.2, 0.25) is 0 Å². The van der Waals surface area contributed by atoms with Crippen LogP contribution in [-0.4, -0.2) is 4.98 Å². The third kappa shape index (κ3) is 1.54. The lowest BCUT2D eigenvalue weighted by Gasteiger charge is -2.00. The molecule has 2 aromatic rings. The summed E-state index contributed by atoms with van der Waals surface area (Å²) in [6, 6.07) is 1.68. The highest BCUT2D eigenvalue weighted by Crippen LogP contribution is 2.26. The number of hydrogen-bond donors (Lipinski definition) is 1. The number of nitrogen functional groups attached to an aromatic ring is 1. The zero-order chi connectivity index (χ0) is 11.0. The Labute approximate surface area is 82.3 Å². The maximum absolute atomic E-state index is 13.2. The van der Waals surface area contributed by atoms with Gasteiger partial charge in [-0.2, -0.15) is 0 Å². The Morgan fingerprint density at radius 1 is 1.13 bits per heavy atom. The Bertz CT molecular complexity index is 510. The van der Waals surface area contributed by atoms with Crippen molar-refractivity contribution in [2.24, 2.45) is 0 Å². The first-order valence-electron chi connectivity index (χ1n) is 3.95. The molecule has 2 rings (SSSR count). The summed E-state index contributed by atoms with van der Waals surface area (Å²) in [6.07, 6.45) is 1.13. The van der Waals surface area contributed by atoms with Gasteiger partial charge < -0.3 is 10.2 Å². The average Bonchev–Trinajstić information content (AvgIpc) is 2.61. The first kappa shape index (κ1) is 9.57. The van der Waals surface area contributed by atoms with E-state index in [9.17, 15) is 13.2 Å². The van der Waals surface area contributed by atoms with Crippen LogP contribution < -0.4 is 5.73 Å². The molecule has 6 heteroatoms. The van der Waals surface area contributed by atoms with Crippen LogP contribution in [0.15, 0.2) is 22.7 Å². The van der Waals surface area contributed by atoms with Crippen molar-refractivity contribution in [2.45, 2.75) is 0 Å². The van der Waals surface area contributed by atoms with E-state index in [1.54, 1.807) is 0 Å². The van der Waals surface area contributed by atoms with Crippen LogP contribution in [0, 0.1) is 17.5 Å². The van der Waals surface area contributed by atoms with Gasteiger partial charge in [-0.05, 0) is 12.1 Å². The van der Waals surface area contributed by atoms with Gasteiger partial charge >= 0.3 is 0 Å². The number of hydrogen-bond acceptors (Lipinski definition) is 3. The van der Waals surface area contributed by atoms with Crippen molar-refractivity contribution in [2.75, 3.05) is 5.73 Å². The highest BCUT2D eigenvalue weighted by molar-refractivity contribution is 5.58. The van der Waals surface area contributed by atoms with Crippen LogP contribution in [0.25, 0.3) is 11.3 Å². The van der Waals surface area contributed by atoms with Crippen LogP contribution in [0.4, 0.5) is 19.2 Å². The largest absolute Gasteiger partial charge is 0.424 e. The Morgan fingerprint density at radius 2 is 1.87 bits per heavy atom. The van der Waals surface area contributed by atoms with Crippen molar-refractivity contribution < 1.29 is 17.6 Å². The minimum atomic E-state index is -1.55. The highest BCUT2D eigenvalue weighted by Gasteiger charge is 2.17. The number of aromatic nitrogens is 1. The molecule has 0 saturated carbocycles. The quantitative estimate of drug-likeness (QED) is 0.741. The maximum atomic E-state index is 13.2. The SMILES string of the molecule is Nc1ncc(-c2ccc(F)c(F)c2F)o1. The molecule has 0 unspecified atom stereocenters. The van der Waals surface area contributed by atoms with E-state index in [4.69, 9.17) is 10.2 Å². The molecule has 15 heavy (non-hydrogen) atoms. The Kier molecular flexibility index (Phi) is 2.11. The molecule has 1 aromatic heterocycles. The van der Waals surface area contributed by atoms with Gasteiger partial charge in [0.25, 0.3) is 6.01 Å². The van der Waals surface area contributed by atoms with Crippen molar-refractivity contribution >= 4 is 6.01 Å². The lowest BCUT2D eigenvalue weighted by atomic mass is 10.1. The Balaban J connectivity index is 2.59. The fourth-order valence-electron chi connectivity index (χ4n) is 1.13. The van der Waals surface area contributed by atoms with Gasteiger partial charge in [-0.1, -0.05) is 0 Å². The van der Waals surface area contributed by atoms with Gasteiger partial charge in [0.15, 0.2) is 23.2 Å². The van der Waals surface area contributed by atoms with E-state index in [0.717, 1.165) is 18.3 Å². The molecule has 0 spiro atoms. The normalized spacial score (nSPS) is 10.6. The summed E-state index contributed by atoms with van der Waals surface area (Å²) in [5, 5.41) is 0. The minimum absolute atomic E-state index is 0.0519. The molecule has 0 aliphatic rings. The van der Waals surface area contributed by atoms with Gasteiger partial charge in [0.05, 0.1) is 11.8 Å². The van der Waals surface area contributed by atoms with Gasteiger partial charge in [-0.3, -0.25) is 0 Å². The van der Waals surface area contributed by atoms with Crippen LogP contribution in [0.5, 0.6) is 0 Å². The zero-order valence-corrected chi connectivity index (χ0v) is 7.30. The van der Waals surface area contributed by atoms with Gasteiger partial charge in [-0.25, -0.2) is 18.2 Å². The predicted octanol–water partition coefficient (Wildman–Crippen LogP) is 2.34. The first-order chi connectivity index (χ1) is 7.09. The van der Waals surface area contributed by atoms with E-state index >= 15 is 0 Å². The van der Waals surface area contributed by atoms with Crippen molar-refractivity contribution in [1.82, 2.24) is 4.98 Å². The fourth-order valence-corrected chi connectivity index (χ4v) is 1.13. The molecule has 1 aromatic carbocycles. The summed E-state index contributed by atoms with van der Waals surface area (Å²) in [5.41, 5.74) is 4.94. The summed E-state index contributed by atoms with van der Waals surface area (Å²) in [7, 11) is 0. The molecule has 2 N–H and O–H groups in total. The molecule has 3 nitrogen and oxygen atoms in total. The Hall–Kier alpha value is -1.98. The van der Waals surface area contributed by atoms with Crippen LogP contribution in [0.3, 0.4) is 0 Å². The average molecular weight is 214 g/mol. The van der Waals surface area contributed by atoms with Crippen molar-refractivity contribution in [1.29, 1.82) is 0 Å². The lowest BCUT2D eigenvalue weighted by Crippen LogP contribution is -1.92. The van der Waals surface area contributed by atoms with Gasteiger partial charge in [-0.15, -0.1) is 0 Å². The van der Waals surface area contributed by atoms with Crippen molar-refractivity contribution in [3.63, 3.8) is 0 Å². The van der Waals surface area contributed by atoms with Crippen molar-refractivity contribution in [3.8, 4) is 11.3 Å². The number of halogens is 3. The first-order valence-corrected chi connectivity index (χ1v) is 3.95. The second kappa shape index (κ2) is 3.30. The summed E-state index contributed by atoms with van der Waals surface area (Å²) in [5.74, 6) is -4.19. The summed E-state index contributed by atoms with van der Waals surface area (Å²) in [4.78, 5) is 3.51. The molecule has 0 radical (unpaired) electrons. The standard InChI is InChI=1S/C9H5F3N2O/c10-5-2-1-4(7(11)8(5)12)6-3-14-9(13)15-6/h1-3H,(H2,13,14). The third-order valence-corrected chi connectivity index (χ3v) is 1.82. The molecule has 78 valence electrons. The molecule has 0 atom stereocenters. The molecule has 0 fully saturated rings. The molecule has 0 bridgehead atoms. The minimum Gasteiger partial charge on any atom is -0.424 e. The number of rotatable bonds is 1. The van der Waals surface area contributed by atoms with Gasteiger partial charge in [0, 0.05) is 0 Å². The van der Waals surface area contributed by atoms with Crippen molar-refractivity contribution in [3.05, 3.63) is 35.8 Å². The van der Waals surface area contributed by atoms with E-state index in [2.05, 4.69) is 4.98 Å². The third-order valence-electron chi connectivity index (χ3n) is 1.82. The van der Waals surface area contributed by atoms with E-state index < -0.39 is 17.5 Å². The number of nitrogens with two attached hydrogens (primary N) is 1. The monoisotopic (exact) mass is 214 g/mol. The van der Waals surface area contributed by atoms with E-state index in [0.29, 0.717) is 0 Å². The molecular weight excluding hydrogens is 209 g/mol. The van der Waals surface area contributed by atoms with Crippen LogP contribution >= 0.6 is 0 Å². The topological polar surface area (TPSA) is 52.0 Å². The number of anilines is 1. The summed E-state index contributed by atoms with van der Waals surface area (Å²) >= 11 is 0. The smallest absolute Gasteiger partial charge is 0.292 e. The lowest BCUT2D eigenvalue weighted by molar-refractivity contribution is 0.446. The van der Waals surface area contributed by atoms with E-state index in [1.807, 2.05) is 0 Å². The predicted molar refractivity (Wildman–Crippen MR) is 46.2 cm³/mol. The zero-order valence-electron chi connectivity index (χ0n) is 7.30. The molecule has 1 heterocycles. The molecule has 0 amide bonds. The maximum Gasteiger partial charge on any atom is 0.292 e. The van der Waals surface area contributed by atoms with E-state index in [1.165, 1.54) is 0 Å². The van der Waals surface area contributed by atoms with Crippen LogP contribution in [-0.2, 0) is 0 Å². The van der Waals surface area contributed by atoms with E-state index in [-0.39, 0.29) is 17.3 Å². The molecule has 0 saturated heterocycles. The summed E-state index contributed by atoms with van der Waals surface area (Å²) in [6.45, 7) is 0. The number of benzene rings is 1. The second-order valence-electron chi connectivity index (χ2n) is 2.79. The second-order valence-corrected chi connectivity index (χ2v) is 2.79. The van der Waals surface area contributed by atoms with Gasteiger partial charge in [0.1, 0.15) is 0 Å². The number of nitrogens with zero attached hydrogens (tertiary/aromatic N) is 1. The molecule has 0 aliphatic carbocycles. The molecular formula is C9H5F3N2O. The van der Waals surface area contributed by atoms with Crippen LogP contribution in [0.1, 0.15) is 0 Å². The van der Waals surface area contributed by atoms with Gasteiger partial charge in [0.2, 0.25) is 0 Å². The highest BCUT2D eigenvalue weighted by atomic mass is 19.2. The fraction of sp³-hybridized carbons (Fsp3) is 0.